The van der Waals surface area contributed by atoms with Gasteiger partial charge in [0, 0.05) is 22.8 Å². The van der Waals surface area contributed by atoms with Crippen molar-refractivity contribution in [3.8, 4) is 11.5 Å². The molecule has 0 unspecified atom stereocenters. The van der Waals surface area contributed by atoms with Crippen LogP contribution in [0.3, 0.4) is 0 Å². The molecule has 0 fully saturated rings. The summed E-state index contributed by atoms with van der Waals surface area (Å²) in [6.45, 7) is 2.66. The molecule has 0 aromatic heterocycles. The van der Waals surface area contributed by atoms with E-state index in [1.165, 1.54) is 0 Å². The van der Waals surface area contributed by atoms with Crippen LogP contribution in [0.25, 0.3) is 0 Å². The van der Waals surface area contributed by atoms with Crippen LogP contribution in [0.4, 0.5) is 0 Å². The Morgan fingerprint density at radius 2 is 1.88 bits per heavy atom. The fourth-order valence-corrected chi connectivity index (χ4v) is 3.69. The highest BCUT2D eigenvalue weighted by Crippen LogP contribution is 2.36. The van der Waals surface area contributed by atoms with Crippen molar-refractivity contribution < 1.29 is 17.9 Å². The predicted molar refractivity (Wildman–Crippen MR) is 99.1 cm³/mol. The lowest BCUT2D eigenvalue weighted by atomic mass is 10.2. The average Bonchev–Trinajstić information content (AvgIpc) is 3.02. The molecule has 2 aromatic rings. The molecule has 132 valence electrons. The van der Waals surface area contributed by atoms with Crippen molar-refractivity contribution in [1.82, 2.24) is 4.72 Å². The molecule has 0 saturated carbocycles. The summed E-state index contributed by atoms with van der Waals surface area (Å²) >= 11 is 3.45. The first-order valence-electron chi connectivity index (χ1n) is 7.61. The molecule has 0 aliphatic carbocycles. The van der Waals surface area contributed by atoms with E-state index in [-0.39, 0.29) is 18.2 Å². The number of hydrogen-bond donors (Lipinski definition) is 1. The molecule has 0 saturated heterocycles. The minimum atomic E-state index is -3.51. The molecule has 0 spiro atoms. The molecule has 1 aliphatic rings. The van der Waals surface area contributed by atoms with Crippen molar-refractivity contribution in [3.05, 3.63) is 52.0 Å². The SMILES string of the molecule is Cc1ccc(S(=O)(=O)NCCN=Cc2cc3c(cc2Br)OCO3)cc1. The number of hydrogen-bond acceptors (Lipinski definition) is 5. The minimum absolute atomic E-state index is 0.211. The van der Waals surface area contributed by atoms with Gasteiger partial charge in [0.1, 0.15) is 0 Å². The largest absolute Gasteiger partial charge is 0.454 e. The van der Waals surface area contributed by atoms with Gasteiger partial charge in [-0.15, -0.1) is 0 Å². The summed E-state index contributed by atoms with van der Waals surface area (Å²) in [6, 6.07) is 10.4. The van der Waals surface area contributed by atoms with Gasteiger partial charge in [-0.25, -0.2) is 13.1 Å². The lowest BCUT2D eigenvalue weighted by Crippen LogP contribution is -2.26. The van der Waals surface area contributed by atoms with Crippen LogP contribution >= 0.6 is 15.9 Å². The first-order chi connectivity index (χ1) is 12.0. The van der Waals surface area contributed by atoms with Crippen LogP contribution in [0.2, 0.25) is 0 Å². The first kappa shape index (κ1) is 17.9. The van der Waals surface area contributed by atoms with Crippen molar-refractivity contribution in [2.24, 2.45) is 4.99 Å². The summed E-state index contributed by atoms with van der Waals surface area (Å²) in [6.07, 6.45) is 1.67. The molecule has 8 heteroatoms. The zero-order valence-electron chi connectivity index (χ0n) is 13.5. The van der Waals surface area contributed by atoms with Gasteiger partial charge in [0.15, 0.2) is 11.5 Å². The van der Waals surface area contributed by atoms with Gasteiger partial charge >= 0.3 is 0 Å². The normalized spacial score (nSPS) is 13.5. The second kappa shape index (κ2) is 7.55. The van der Waals surface area contributed by atoms with E-state index in [1.807, 2.05) is 19.1 Å². The molecule has 6 nitrogen and oxygen atoms in total. The molecule has 2 aromatic carbocycles. The van der Waals surface area contributed by atoms with Gasteiger partial charge in [0.05, 0.1) is 11.4 Å². The van der Waals surface area contributed by atoms with Gasteiger partial charge in [-0.3, -0.25) is 4.99 Å². The fourth-order valence-electron chi connectivity index (χ4n) is 2.24. The van der Waals surface area contributed by atoms with E-state index >= 15 is 0 Å². The standard InChI is InChI=1S/C17H17BrN2O4S/c1-12-2-4-14(5-3-12)25(21,22)20-7-6-19-10-13-8-16-17(9-15(13)18)24-11-23-16/h2-5,8-10,20H,6-7,11H2,1H3. The topological polar surface area (TPSA) is 77.0 Å². The van der Waals surface area contributed by atoms with Gasteiger partial charge in [0.2, 0.25) is 16.8 Å². The van der Waals surface area contributed by atoms with Crippen molar-refractivity contribution in [3.63, 3.8) is 0 Å². The number of aryl methyl sites for hydroxylation is 1. The first-order valence-corrected chi connectivity index (χ1v) is 9.89. The zero-order chi connectivity index (χ0) is 17.9. The van der Waals surface area contributed by atoms with Gasteiger partial charge in [0.25, 0.3) is 0 Å². The average molecular weight is 425 g/mol. The van der Waals surface area contributed by atoms with Gasteiger partial charge in [-0.05, 0) is 47.1 Å². The van der Waals surface area contributed by atoms with Crippen LogP contribution in [0, 0.1) is 6.92 Å². The monoisotopic (exact) mass is 424 g/mol. The van der Waals surface area contributed by atoms with Crippen molar-refractivity contribution in [2.45, 2.75) is 11.8 Å². The van der Waals surface area contributed by atoms with Crippen LogP contribution in [-0.4, -0.2) is 34.5 Å². The van der Waals surface area contributed by atoms with E-state index in [4.69, 9.17) is 9.47 Å². The number of nitrogens with one attached hydrogen (secondary N) is 1. The molecule has 25 heavy (non-hydrogen) atoms. The number of rotatable bonds is 6. The summed E-state index contributed by atoms with van der Waals surface area (Å²) in [5.41, 5.74) is 1.85. The Kier molecular flexibility index (Phi) is 5.41. The summed E-state index contributed by atoms with van der Waals surface area (Å²) in [5.74, 6) is 1.36. The van der Waals surface area contributed by atoms with Gasteiger partial charge in [-0.2, -0.15) is 0 Å². The lowest BCUT2D eigenvalue weighted by molar-refractivity contribution is 0.174. The summed E-state index contributed by atoms with van der Waals surface area (Å²) in [5, 5.41) is 0. The van der Waals surface area contributed by atoms with Crippen molar-refractivity contribution in [1.29, 1.82) is 0 Å². The van der Waals surface area contributed by atoms with E-state index in [9.17, 15) is 8.42 Å². The molecule has 0 bridgehead atoms. The Balaban J connectivity index is 1.56. The number of sulfonamides is 1. The highest BCUT2D eigenvalue weighted by Gasteiger charge is 2.15. The molecule has 1 aliphatic heterocycles. The Labute approximate surface area is 155 Å². The lowest BCUT2D eigenvalue weighted by Gasteiger charge is -2.05. The van der Waals surface area contributed by atoms with Crippen molar-refractivity contribution >= 4 is 32.2 Å². The number of halogens is 1. The summed E-state index contributed by atoms with van der Waals surface area (Å²) in [7, 11) is -3.51. The smallest absolute Gasteiger partial charge is 0.240 e. The second-order valence-electron chi connectivity index (χ2n) is 5.47. The number of aliphatic imine (C=N–C) groups is 1. The van der Waals surface area contributed by atoms with Crippen LogP contribution in [0.15, 0.2) is 50.8 Å². The fraction of sp³-hybridized carbons (Fsp3) is 0.235. The third kappa shape index (κ3) is 4.39. The Morgan fingerprint density at radius 3 is 2.60 bits per heavy atom. The molecule has 0 atom stereocenters. The third-order valence-corrected chi connectivity index (χ3v) is 5.75. The number of nitrogens with zero attached hydrogens (tertiary/aromatic N) is 1. The molecule has 0 radical (unpaired) electrons. The van der Waals surface area contributed by atoms with Gasteiger partial charge in [-0.1, -0.05) is 17.7 Å². The maximum atomic E-state index is 12.2. The summed E-state index contributed by atoms with van der Waals surface area (Å²) in [4.78, 5) is 4.51. The van der Waals surface area contributed by atoms with E-state index in [0.29, 0.717) is 18.0 Å². The number of fused-ring (bicyclic) bond motifs is 1. The second-order valence-corrected chi connectivity index (χ2v) is 8.09. The van der Waals surface area contributed by atoms with E-state index < -0.39 is 10.0 Å². The van der Waals surface area contributed by atoms with Crippen LogP contribution in [0.1, 0.15) is 11.1 Å². The number of benzene rings is 2. The molecular weight excluding hydrogens is 408 g/mol. The number of ether oxygens (including phenoxy) is 2. The van der Waals surface area contributed by atoms with E-state index in [0.717, 1.165) is 15.6 Å². The molecular formula is C17H17BrN2O4S. The zero-order valence-corrected chi connectivity index (χ0v) is 15.9. The van der Waals surface area contributed by atoms with Crippen LogP contribution in [-0.2, 0) is 10.0 Å². The van der Waals surface area contributed by atoms with Crippen molar-refractivity contribution in [2.75, 3.05) is 19.9 Å². The summed E-state index contributed by atoms with van der Waals surface area (Å²) < 4.78 is 38.3. The highest BCUT2D eigenvalue weighted by atomic mass is 79.9. The molecule has 3 rings (SSSR count). The quantitative estimate of drug-likeness (QED) is 0.571. The highest BCUT2D eigenvalue weighted by molar-refractivity contribution is 9.10. The maximum absolute atomic E-state index is 12.2. The van der Waals surface area contributed by atoms with Crippen LogP contribution < -0.4 is 14.2 Å². The Morgan fingerprint density at radius 1 is 1.20 bits per heavy atom. The van der Waals surface area contributed by atoms with Crippen LogP contribution in [0.5, 0.6) is 11.5 Å². The maximum Gasteiger partial charge on any atom is 0.240 e. The molecule has 0 amide bonds. The Bertz CT molecular complexity index is 896. The minimum Gasteiger partial charge on any atom is -0.454 e. The predicted octanol–water partition coefficient (Wildman–Crippen LogP) is 2.88. The van der Waals surface area contributed by atoms with Gasteiger partial charge < -0.3 is 9.47 Å². The third-order valence-electron chi connectivity index (χ3n) is 3.59. The van der Waals surface area contributed by atoms with E-state index in [2.05, 4.69) is 25.6 Å². The Hall–Kier alpha value is -1.90. The molecule has 1 N–H and O–H groups in total. The van der Waals surface area contributed by atoms with E-state index in [1.54, 1.807) is 30.5 Å². The molecule has 1 heterocycles.